The molecular formula is C20H31N3O. The molecule has 4 nitrogen and oxygen atoms in total. The lowest BCUT2D eigenvalue weighted by Gasteiger charge is -2.36. The van der Waals surface area contributed by atoms with E-state index in [4.69, 9.17) is 0 Å². The van der Waals surface area contributed by atoms with Crippen molar-refractivity contribution < 1.29 is 4.79 Å². The average molecular weight is 329 g/mol. The molecule has 1 aromatic rings. The number of piperazine rings is 1. The Morgan fingerprint density at radius 3 is 2.62 bits per heavy atom. The first-order valence-corrected chi connectivity index (χ1v) is 9.47. The highest BCUT2D eigenvalue weighted by Crippen LogP contribution is 2.23. The van der Waals surface area contributed by atoms with Crippen LogP contribution in [-0.2, 0) is 11.3 Å². The molecule has 1 amide bonds. The Morgan fingerprint density at radius 2 is 1.96 bits per heavy atom. The fraction of sp³-hybridized carbons (Fsp3) is 0.650. The molecule has 0 aromatic heterocycles. The van der Waals surface area contributed by atoms with Crippen molar-refractivity contribution in [3.63, 3.8) is 0 Å². The monoisotopic (exact) mass is 329 g/mol. The Labute approximate surface area is 146 Å². The van der Waals surface area contributed by atoms with E-state index in [9.17, 15) is 4.79 Å². The average Bonchev–Trinajstić information content (AvgIpc) is 2.64. The van der Waals surface area contributed by atoms with Crippen molar-refractivity contribution in [2.45, 2.75) is 32.7 Å². The summed E-state index contributed by atoms with van der Waals surface area (Å²) in [5, 5.41) is 3.47. The summed E-state index contributed by atoms with van der Waals surface area (Å²) in [6, 6.07) is 10.6. The zero-order valence-electron chi connectivity index (χ0n) is 14.9. The van der Waals surface area contributed by atoms with Gasteiger partial charge in [-0.15, -0.1) is 0 Å². The van der Waals surface area contributed by atoms with Crippen molar-refractivity contribution in [3.05, 3.63) is 35.9 Å². The highest BCUT2D eigenvalue weighted by atomic mass is 16.2. The number of nitrogens with zero attached hydrogens (tertiary/aromatic N) is 2. The number of amides is 1. The summed E-state index contributed by atoms with van der Waals surface area (Å²) in [6.07, 6.45) is 3.23. The molecular weight excluding hydrogens is 298 g/mol. The second-order valence-corrected chi connectivity index (χ2v) is 7.43. The summed E-state index contributed by atoms with van der Waals surface area (Å²) < 4.78 is 0. The summed E-state index contributed by atoms with van der Waals surface area (Å²) in [5.74, 6) is 1.52. The van der Waals surface area contributed by atoms with Crippen LogP contribution in [0.15, 0.2) is 30.3 Å². The largest absolute Gasteiger partial charge is 0.340 e. The molecule has 1 N–H and O–H groups in total. The van der Waals surface area contributed by atoms with Crippen molar-refractivity contribution in [2.24, 2.45) is 11.8 Å². The van der Waals surface area contributed by atoms with E-state index in [0.29, 0.717) is 24.2 Å². The number of hydrogen-bond donors (Lipinski definition) is 1. The molecule has 24 heavy (non-hydrogen) atoms. The first-order chi connectivity index (χ1) is 11.7. The van der Waals surface area contributed by atoms with Gasteiger partial charge in [0.1, 0.15) is 0 Å². The summed E-state index contributed by atoms with van der Waals surface area (Å²) in [6.45, 7) is 9.19. The van der Waals surface area contributed by atoms with Crippen molar-refractivity contribution in [1.82, 2.24) is 15.1 Å². The van der Waals surface area contributed by atoms with Gasteiger partial charge < -0.3 is 10.2 Å². The van der Waals surface area contributed by atoms with Gasteiger partial charge >= 0.3 is 0 Å². The molecule has 0 radical (unpaired) electrons. The number of piperidine rings is 1. The Bertz CT molecular complexity index is 505. The number of rotatable bonds is 5. The smallest absolute Gasteiger partial charge is 0.222 e. The molecule has 1 aromatic carbocycles. The molecule has 2 saturated heterocycles. The molecule has 0 bridgehead atoms. The number of carbonyl (C=O) groups excluding carboxylic acids is 1. The van der Waals surface area contributed by atoms with E-state index in [1.807, 2.05) is 0 Å². The van der Waals surface area contributed by atoms with Crippen LogP contribution < -0.4 is 5.32 Å². The zero-order valence-corrected chi connectivity index (χ0v) is 14.9. The number of carbonyl (C=O) groups is 1. The van der Waals surface area contributed by atoms with Gasteiger partial charge in [0, 0.05) is 39.1 Å². The third-order valence-electron chi connectivity index (χ3n) is 5.61. The zero-order chi connectivity index (χ0) is 16.8. The van der Waals surface area contributed by atoms with Crippen LogP contribution in [-0.4, -0.2) is 55.0 Å². The van der Waals surface area contributed by atoms with E-state index in [0.717, 1.165) is 45.8 Å². The molecule has 3 rings (SSSR count). The van der Waals surface area contributed by atoms with Crippen LogP contribution in [0, 0.1) is 11.8 Å². The van der Waals surface area contributed by atoms with Gasteiger partial charge in [-0.3, -0.25) is 9.69 Å². The molecule has 2 aliphatic rings. The van der Waals surface area contributed by atoms with Gasteiger partial charge in [0.25, 0.3) is 0 Å². The van der Waals surface area contributed by atoms with Crippen LogP contribution in [0.4, 0.5) is 0 Å². The fourth-order valence-electron chi connectivity index (χ4n) is 3.93. The van der Waals surface area contributed by atoms with Crippen LogP contribution >= 0.6 is 0 Å². The standard InChI is InChI=1S/C20H31N3O/c1-17(19-8-5-9-21-15-19)14-20(24)23-12-10-22(11-13-23)16-18-6-3-2-4-7-18/h2-4,6-7,17,19,21H,5,8-16H2,1H3. The van der Waals surface area contributed by atoms with Gasteiger partial charge in [-0.05, 0) is 43.3 Å². The van der Waals surface area contributed by atoms with Gasteiger partial charge in [-0.1, -0.05) is 37.3 Å². The fourth-order valence-corrected chi connectivity index (χ4v) is 3.93. The third-order valence-corrected chi connectivity index (χ3v) is 5.61. The van der Waals surface area contributed by atoms with Crippen molar-refractivity contribution in [2.75, 3.05) is 39.3 Å². The molecule has 4 heteroatoms. The minimum Gasteiger partial charge on any atom is -0.340 e. The Balaban J connectivity index is 1.41. The van der Waals surface area contributed by atoms with E-state index >= 15 is 0 Å². The quantitative estimate of drug-likeness (QED) is 0.901. The third kappa shape index (κ3) is 4.81. The summed E-state index contributed by atoms with van der Waals surface area (Å²) in [7, 11) is 0. The number of nitrogens with one attached hydrogen (secondary N) is 1. The maximum absolute atomic E-state index is 12.6. The van der Waals surface area contributed by atoms with E-state index < -0.39 is 0 Å². The van der Waals surface area contributed by atoms with Crippen LogP contribution in [0.5, 0.6) is 0 Å². The van der Waals surface area contributed by atoms with Gasteiger partial charge in [0.2, 0.25) is 5.91 Å². The van der Waals surface area contributed by atoms with E-state index in [1.54, 1.807) is 0 Å². The van der Waals surface area contributed by atoms with Crippen LogP contribution in [0.1, 0.15) is 31.7 Å². The topological polar surface area (TPSA) is 35.6 Å². The van der Waals surface area contributed by atoms with Gasteiger partial charge in [-0.25, -0.2) is 0 Å². The molecule has 0 aliphatic carbocycles. The second-order valence-electron chi connectivity index (χ2n) is 7.43. The van der Waals surface area contributed by atoms with Crippen molar-refractivity contribution >= 4 is 5.91 Å². The highest BCUT2D eigenvalue weighted by molar-refractivity contribution is 5.76. The first kappa shape index (κ1) is 17.4. The maximum Gasteiger partial charge on any atom is 0.222 e. The minimum atomic E-state index is 0.354. The van der Waals surface area contributed by atoms with Crippen molar-refractivity contribution in [1.29, 1.82) is 0 Å². The Hall–Kier alpha value is -1.39. The summed E-state index contributed by atoms with van der Waals surface area (Å²) >= 11 is 0. The Kier molecular flexibility index (Phi) is 6.27. The lowest BCUT2D eigenvalue weighted by Crippen LogP contribution is -2.48. The van der Waals surface area contributed by atoms with E-state index in [2.05, 4.69) is 52.4 Å². The van der Waals surface area contributed by atoms with Gasteiger partial charge in [0.05, 0.1) is 0 Å². The molecule has 2 heterocycles. The second kappa shape index (κ2) is 8.63. The van der Waals surface area contributed by atoms with E-state index in [-0.39, 0.29) is 0 Å². The van der Waals surface area contributed by atoms with Gasteiger partial charge in [0.15, 0.2) is 0 Å². The lowest BCUT2D eigenvalue weighted by molar-refractivity contribution is -0.134. The van der Waals surface area contributed by atoms with Crippen LogP contribution in [0.2, 0.25) is 0 Å². The van der Waals surface area contributed by atoms with Crippen molar-refractivity contribution in [3.8, 4) is 0 Å². The molecule has 2 aliphatic heterocycles. The summed E-state index contributed by atoms with van der Waals surface area (Å²) in [4.78, 5) is 17.1. The molecule has 2 atom stereocenters. The predicted molar refractivity (Wildman–Crippen MR) is 97.7 cm³/mol. The van der Waals surface area contributed by atoms with Crippen LogP contribution in [0.3, 0.4) is 0 Å². The molecule has 0 spiro atoms. The van der Waals surface area contributed by atoms with Crippen LogP contribution in [0.25, 0.3) is 0 Å². The van der Waals surface area contributed by atoms with Gasteiger partial charge in [-0.2, -0.15) is 0 Å². The number of hydrogen-bond acceptors (Lipinski definition) is 3. The first-order valence-electron chi connectivity index (χ1n) is 9.47. The molecule has 132 valence electrons. The van der Waals surface area contributed by atoms with E-state index in [1.165, 1.54) is 18.4 Å². The summed E-state index contributed by atoms with van der Waals surface area (Å²) in [5.41, 5.74) is 1.36. The predicted octanol–water partition coefficient (Wildman–Crippen LogP) is 2.36. The lowest BCUT2D eigenvalue weighted by atomic mass is 9.85. The normalized spacial score (nSPS) is 23.9. The Morgan fingerprint density at radius 1 is 1.21 bits per heavy atom. The molecule has 0 saturated carbocycles. The molecule has 2 fully saturated rings. The number of benzene rings is 1. The SMILES string of the molecule is CC(CC(=O)N1CCN(Cc2ccccc2)CC1)C1CCCNC1. The highest BCUT2D eigenvalue weighted by Gasteiger charge is 2.26. The maximum atomic E-state index is 12.6. The minimum absolute atomic E-state index is 0.354. The molecule has 2 unspecified atom stereocenters.